The summed E-state index contributed by atoms with van der Waals surface area (Å²) in [6, 6.07) is 0. The zero-order chi connectivity index (χ0) is 7.40. The predicted molar refractivity (Wildman–Crippen MR) is 40.6 cm³/mol. The van der Waals surface area contributed by atoms with Crippen LogP contribution in [0.4, 0.5) is 0 Å². The van der Waals surface area contributed by atoms with Gasteiger partial charge in [0, 0.05) is 18.8 Å². The minimum atomic E-state index is 0.878. The molecule has 1 heterocycles. The number of nitrogens with zero attached hydrogens (tertiary/aromatic N) is 1. The summed E-state index contributed by atoms with van der Waals surface area (Å²) < 4.78 is 0. The Balaban J connectivity index is 2.57. The van der Waals surface area contributed by atoms with Crippen LogP contribution in [0, 0.1) is 0 Å². The number of aldehydes is 1. The van der Waals surface area contributed by atoms with Crippen molar-refractivity contribution in [2.75, 3.05) is 13.1 Å². The number of carbonyl (C=O) groups is 1. The summed E-state index contributed by atoms with van der Waals surface area (Å²) in [5.74, 6) is 0. The highest BCUT2D eigenvalue weighted by Crippen LogP contribution is 2.18. The van der Waals surface area contributed by atoms with Gasteiger partial charge in [-0.25, -0.2) is 0 Å². The van der Waals surface area contributed by atoms with Crippen molar-refractivity contribution in [1.82, 2.24) is 4.90 Å². The minimum absolute atomic E-state index is 0.878. The first-order valence-electron chi connectivity index (χ1n) is 3.77. The second kappa shape index (κ2) is 3.40. The Morgan fingerprint density at radius 2 is 2.50 bits per heavy atom. The van der Waals surface area contributed by atoms with Crippen molar-refractivity contribution in [3.05, 3.63) is 11.8 Å². The van der Waals surface area contributed by atoms with Gasteiger partial charge < -0.3 is 4.90 Å². The maximum absolute atomic E-state index is 10.1. The minimum Gasteiger partial charge on any atom is -0.375 e. The zero-order valence-electron chi connectivity index (χ0n) is 6.34. The lowest BCUT2D eigenvalue weighted by Crippen LogP contribution is -2.16. The summed E-state index contributed by atoms with van der Waals surface area (Å²) in [7, 11) is 0. The van der Waals surface area contributed by atoms with Crippen LogP contribution in [-0.2, 0) is 4.79 Å². The molecule has 1 rings (SSSR count). The summed E-state index contributed by atoms with van der Waals surface area (Å²) in [4.78, 5) is 12.4. The monoisotopic (exact) mass is 139 g/mol. The lowest BCUT2D eigenvalue weighted by Gasteiger charge is -2.15. The van der Waals surface area contributed by atoms with Crippen molar-refractivity contribution in [3.8, 4) is 0 Å². The lowest BCUT2D eigenvalue weighted by atomic mass is 10.3. The maximum Gasteiger partial charge on any atom is 0.144 e. The number of allylic oxidation sites excluding steroid dienone is 2. The van der Waals surface area contributed by atoms with E-state index in [9.17, 15) is 4.79 Å². The molecule has 0 aromatic heterocycles. The number of hydrogen-bond acceptors (Lipinski definition) is 2. The Kier molecular flexibility index (Phi) is 2.49. The van der Waals surface area contributed by atoms with Gasteiger partial charge in [0.25, 0.3) is 0 Å². The molecule has 10 heavy (non-hydrogen) atoms. The first-order chi connectivity index (χ1) is 4.88. The van der Waals surface area contributed by atoms with E-state index < -0.39 is 0 Å². The summed E-state index contributed by atoms with van der Waals surface area (Å²) in [6.45, 7) is 4.26. The molecular formula is C8H13NO. The van der Waals surface area contributed by atoms with E-state index in [0.29, 0.717) is 0 Å². The van der Waals surface area contributed by atoms with E-state index in [-0.39, 0.29) is 0 Å². The van der Waals surface area contributed by atoms with Crippen molar-refractivity contribution >= 4 is 6.29 Å². The van der Waals surface area contributed by atoms with Crippen LogP contribution in [0.15, 0.2) is 11.8 Å². The molecule has 2 nitrogen and oxygen atoms in total. The number of likely N-dealkylation sites (tertiary alicyclic amines) is 1. The van der Waals surface area contributed by atoms with Crippen LogP contribution < -0.4 is 0 Å². The van der Waals surface area contributed by atoms with Crippen LogP contribution in [0.1, 0.15) is 19.8 Å². The van der Waals surface area contributed by atoms with E-state index in [1.54, 1.807) is 6.08 Å². The molecule has 1 fully saturated rings. The first-order valence-corrected chi connectivity index (χ1v) is 3.77. The Hall–Kier alpha value is -0.790. The van der Waals surface area contributed by atoms with Crippen LogP contribution in [-0.4, -0.2) is 24.3 Å². The molecule has 0 bridgehead atoms. The fourth-order valence-electron chi connectivity index (χ4n) is 1.38. The van der Waals surface area contributed by atoms with Gasteiger partial charge in [0.2, 0.25) is 0 Å². The van der Waals surface area contributed by atoms with Gasteiger partial charge in [-0.2, -0.15) is 0 Å². The van der Waals surface area contributed by atoms with Gasteiger partial charge in [-0.05, 0) is 25.8 Å². The number of rotatable bonds is 2. The molecule has 0 aromatic rings. The third-order valence-corrected chi connectivity index (χ3v) is 1.91. The first kappa shape index (κ1) is 7.32. The van der Waals surface area contributed by atoms with Crippen molar-refractivity contribution in [2.45, 2.75) is 19.8 Å². The Morgan fingerprint density at radius 1 is 1.70 bits per heavy atom. The summed E-state index contributed by atoms with van der Waals surface area (Å²) in [5.41, 5.74) is 1.21. The predicted octanol–water partition coefficient (Wildman–Crippen LogP) is 1.18. The summed E-state index contributed by atoms with van der Waals surface area (Å²) in [5, 5.41) is 0. The van der Waals surface area contributed by atoms with E-state index in [4.69, 9.17) is 0 Å². The molecule has 0 atom stereocenters. The smallest absolute Gasteiger partial charge is 0.144 e. The normalized spacial score (nSPS) is 22.1. The second-order valence-corrected chi connectivity index (χ2v) is 2.48. The number of hydrogen-bond donors (Lipinski definition) is 0. The summed E-state index contributed by atoms with van der Waals surface area (Å²) in [6.07, 6.45) is 4.83. The van der Waals surface area contributed by atoms with Crippen molar-refractivity contribution in [2.24, 2.45) is 0 Å². The average molecular weight is 139 g/mol. The fourth-order valence-corrected chi connectivity index (χ4v) is 1.38. The maximum atomic E-state index is 10.1. The fraction of sp³-hybridized carbons (Fsp3) is 0.625. The second-order valence-electron chi connectivity index (χ2n) is 2.48. The van der Waals surface area contributed by atoms with E-state index >= 15 is 0 Å². The molecule has 0 amide bonds. The molecule has 56 valence electrons. The molecule has 0 radical (unpaired) electrons. The molecule has 0 aliphatic carbocycles. The Bertz CT molecular complexity index is 151. The van der Waals surface area contributed by atoms with Crippen LogP contribution in [0.5, 0.6) is 0 Å². The highest BCUT2D eigenvalue weighted by Gasteiger charge is 2.13. The number of carbonyl (C=O) groups excluding carboxylic acids is 1. The quantitative estimate of drug-likeness (QED) is 0.423. The molecule has 0 spiro atoms. The van der Waals surface area contributed by atoms with E-state index in [0.717, 1.165) is 25.8 Å². The van der Waals surface area contributed by atoms with Gasteiger partial charge in [-0.15, -0.1) is 0 Å². The zero-order valence-corrected chi connectivity index (χ0v) is 6.34. The van der Waals surface area contributed by atoms with Crippen LogP contribution >= 0.6 is 0 Å². The molecule has 0 unspecified atom stereocenters. The van der Waals surface area contributed by atoms with Crippen LogP contribution in [0.2, 0.25) is 0 Å². The van der Waals surface area contributed by atoms with Crippen molar-refractivity contribution in [3.63, 3.8) is 0 Å². The van der Waals surface area contributed by atoms with E-state index in [2.05, 4.69) is 11.8 Å². The van der Waals surface area contributed by atoms with Crippen LogP contribution in [0.25, 0.3) is 0 Å². The summed E-state index contributed by atoms with van der Waals surface area (Å²) >= 11 is 0. The molecule has 1 aliphatic heterocycles. The van der Waals surface area contributed by atoms with Crippen molar-refractivity contribution in [1.29, 1.82) is 0 Å². The third-order valence-electron chi connectivity index (χ3n) is 1.91. The molecule has 1 aliphatic rings. The molecule has 0 saturated carbocycles. The Morgan fingerprint density at radius 3 is 3.10 bits per heavy atom. The van der Waals surface area contributed by atoms with Gasteiger partial charge >= 0.3 is 0 Å². The molecule has 1 saturated heterocycles. The van der Waals surface area contributed by atoms with Crippen LogP contribution in [0.3, 0.4) is 0 Å². The highest BCUT2D eigenvalue weighted by molar-refractivity contribution is 5.66. The largest absolute Gasteiger partial charge is 0.375 e. The topological polar surface area (TPSA) is 20.3 Å². The van der Waals surface area contributed by atoms with Gasteiger partial charge in [0.05, 0.1) is 0 Å². The highest BCUT2D eigenvalue weighted by atomic mass is 16.1. The van der Waals surface area contributed by atoms with Gasteiger partial charge in [0.15, 0.2) is 0 Å². The van der Waals surface area contributed by atoms with E-state index in [1.807, 2.05) is 0 Å². The van der Waals surface area contributed by atoms with Gasteiger partial charge in [-0.3, -0.25) is 4.79 Å². The molecule has 2 heteroatoms. The molecule has 0 N–H and O–H groups in total. The van der Waals surface area contributed by atoms with E-state index in [1.165, 1.54) is 12.1 Å². The van der Waals surface area contributed by atoms with Gasteiger partial charge in [0.1, 0.15) is 6.29 Å². The SMILES string of the molecule is CCN1CCC/C1=C/C=O. The lowest BCUT2D eigenvalue weighted by molar-refractivity contribution is -0.104. The average Bonchev–Trinajstić information content (AvgIpc) is 2.36. The third kappa shape index (κ3) is 1.38. The Labute approximate surface area is 61.5 Å². The van der Waals surface area contributed by atoms with Gasteiger partial charge in [-0.1, -0.05) is 0 Å². The standard InChI is InChI=1S/C8H13NO/c1-2-9-6-3-4-8(9)5-7-10/h5,7H,2-4,6H2,1H3/b8-5-. The molecule has 0 aromatic carbocycles. The molecular weight excluding hydrogens is 126 g/mol. The van der Waals surface area contributed by atoms with Crippen molar-refractivity contribution < 1.29 is 4.79 Å².